The van der Waals surface area contributed by atoms with E-state index in [-0.39, 0.29) is 28.8 Å². The maximum atomic E-state index is 14.1. The third kappa shape index (κ3) is 2.34. The maximum Gasteiger partial charge on any atom is 0.196 e. The van der Waals surface area contributed by atoms with Gasteiger partial charge in [0, 0.05) is 10.6 Å². The van der Waals surface area contributed by atoms with E-state index >= 15 is 0 Å². The summed E-state index contributed by atoms with van der Waals surface area (Å²) < 4.78 is 28.1. The zero-order valence-corrected chi connectivity index (χ0v) is 11.7. The fraction of sp³-hybridized carbons (Fsp3) is 0.133. The van der Waals surface area contributed by atoms with Crippen molar-refractivity contribution in [3.63, 3.8) is 0 Å². The number of hydrogen-bond donors (Lipinski definition) is 1. The summed E-state index contributed by atoms with van der Waals surface area (Å²) >= 11 is 6.10. The number of anilines is 1. The average Bonchev–Trinajstić information content (AvgIpc) is 2.81. The van der Waals surface area contributed by atoms with Gasteiger partial charge < -0.3 is 10.6 Å². The predicted octanol–water partition coefficient (Wildman–Crippen LogP) is 3.49. The lowest BCUT2D eigenvalue weighted by molar-refractivity contribution is 0.583. The summed E-state index contributed by atoms with van der Waals surface area (Å²) in [5.74, 6) is -0.766. The highest BCUT2D eigenvalue weighted by atomic mass is 35.5. The summed E-state index contributed by atoms with van der Waals surface area (Å²) in [6.45, 7) is 0.223. The zero-order valence-electron chi connectivity index (χ0n) is 10.9. The van der Waals surface area contributed by atoms with Gasteiger partial charge in [0.05, 0.1) is 18.3 Å². The second kappa shape index (κ2) is 5.33. The third-order valence-electron chi connectivity index (χ3n) is 3.43. The molecule has 0 amide bonds. The smallest absolute Gasteiger partial charge is 0.196 e. The van der Waals surface area contributed by atoms with Crippen LogP contribution in [0.1, 0.15) is 11.6 Å². The van der Waals surface area contributed by atoms with Gasteiger partial charge in [-0.3, -0.25) is 4.99 Å². The van der Waals surface area contributed by atoms with E-state index in [1.54, 1.807) is 24.3 Å². The van der Waals surface area contributed by atoms with E-state index in [1.165, 1.54) is 23.1 Å². The van der Waals surface area contributed by atoms with Gasteiger partial charge >= 0.3 is 0 Å². The molecule has 2 aromatic carbocycles. The van der Waals surface area contributed by atoms with Crippen molar-refractivity contribution in [2.24, 2.45) is 10.7 Å². The van der Waals surface area contributed by atoms with Gasteiger partial charge in [0.25, 0.3) is 0 Å². The number of guanidine groups is 1. The SMILES string of the molecule is NC1=NCC(c2c(F)cccc2Cl)N1c1ccccc1F. The Morgan fingerprint density at radius 2 is 1.81 bits per heavy atom. The van der Waals surface area contributed by atoms with Crippen LogP contribution in [-0.4, -0.2) is 12.5 Å². The Morgan fingerprint density at radius 1 is 1.10 bits per heavy atom. The van der Waals surface area contributed by atoms with Crippen molar-refractivity contribution in [1.82, 2.24) is 0 Å². The van der Waals surface area contributed by atoms with E-state index in [4.69, 9.17) is 17.3 Å². The largest absolute Gasteiger partial charge is 0.369 e. The summed E-state index contributed by atoms with van der Waals surface area (Å²) in [5.41, 5.74) is 6.37. The lowest BCUT2D eigenvalue weighted by Gasteiger charge is -2.27. The molecule has 0 bridgehead atoms. The minimum absolute atomic E-state index is 0.143. The molecule has 108 valence electrons. The summed E-state index contributed by atoms with van der Waals surface area (Å²) in [4.78, 5) is 5.58. The van der Waals surface area contributed by atoms with Crippen molar-refractivity contribution < 1.29 is 8.78 Å². The molecule has 0 fully saturated rings. The number of nitrogens with zero attached hydrogens (tertiary/aromatic N) is 2. The molecule has 0 saturated carbocycles. The van der Waals surface area contributed by atoms with Gasteiger partial charge in [0.1, 0.15) is 11.6 Å². The Labute approximate surface area is 125 Å². The van der Waals surface area contributed by atoms with Crippen LogP contribution in [0.2, 0.25) is 5.02 Å². The molecule has 0 saturated heterocycles. The quantitative estimate of drug-likeness (QED) is 0.922. The molecule has 1 heterocycles. The Morgan fingerprint density at radius 3 is 2.52 bits per heavy atom. The highest BCUT2D eigenvalue weighted by Gasteiger charge is 2.33. The van der Waals surface area contributed by atoms with Gasteiger partial charge in [-0.1, -0.05) is 29.8 Å². The monoisotopic (exact) mass is 307 g/mol. The van der Waals surface area contributed by atoms with Crippen molar-refractivity contribution in [3.05, 3.63) is 64.7 Å². The van der Waals surface area contributed by atoms with Crippen LogP contribution in [0.4, 0.5) is 14.5 Å². The molecule has 0 aromatic heterocycles. The Balaban J connectivity index is 2.10. The molecule has 0 radical (unpaired) electrons. The molecular formula is C15H12ClF2N3. The molecule has 1 aliphatic heterocycles. The van der Waals surface area contributed by atoms with E-state index in [0.29, 0.717) is 0 Å². The van der Waals surface area contributed by atoms with Crippen LogP contribution < -0.4 is 10.6 Å². The number of halogens is 3. The molecule has 3 nitrogen and oxygen atoms in total. The van der Waals surface area contributed by atoms with Gasteiger partial charge in [-0.15, -0.1) is 0 Å². The number of benzene rings is 2. The van der Waals surface area contributed by atoms with Crippen molar-refractivity contribution in [3.8, 4) is 0 Å². The Bertz CT molecular complexity index is 698. The minimum atomic E-state index is -0.560. The molecule has 2 aromatic rings. The van der Waals surface area contributed by atoms with Crippen molar-refractivity contribution in [2.45, 2.75) is 6.04 Å². The van der Waals surface area contributed by atoms with Crippen LogP contribution in [0.5, 0.6) is 0 Å². The molecule has 1 atom stereocenters. The molecule has 1 aliphatic rings. The molecule has 21 heavy (non-hydrogen) atoms. The van der Waals surface area contributed by atoms with E-state index in [1.807, 2.05) is 0 Å². The predicted molar refractivity (Wildman–Crippen MR) is 79.5 cm³/mol. The standard InChI is InChI=1S/C15H12ClF2N3/c16-9-4-3-6-11(18)14(9)13-8-20-15(19)21(13)12-7-2-1-5-10(12)17/h1-7,13H,8H2,(H2,19,20). The van der Waals surface area contributed by atoms with E-state index in [2.05, 4.69) is 4.99 Å². The van der Waals surface area contributed by atoms with E-state index in [9.17, 15) is 8.78 Å². The number of para-hydroxylation sites is 1. The molecular weight excluding hydrogens is 296 g/mol. The van der Waals surface area contributed by atoms with Gasteiger partial charge in [-0.2, -0.15) is 0 Å². The van der Waals surface area contributed by atoms with Crippen LogP contribution in [0.3, 0.4) is 0 Å². The second-order valence-corrected chi connectivity index (χ2v) is 5.08. The van der Waals surface area contributed by atoms with Crippen molar-refractivity contribution >= 4 is 23.2 Å². The van der Waals surface area contributed by atoms with Crippen LogP contribution >= 0.6 is 11.6 Å². The Kier molecular flexibility index (Phi) is 3.51. The fourth-order valence-corrected chi connectivity index (χ4v) is 2.77. The van der Waals surface area contributed by atoms with Crippen LogP contribution in [0.15, 0.2) is 47.5 Å². The number of hydrogen-bond acceptors (Lipinski definition) is 3. The minimum Gasteiger partial charge on any atom is -0.369 e. The van der Waals surface area contributed by atoms with Crippen LogP contribution in [-0.2, 0) is 0 Å². The normalized spacial score (nSPS) is 18.0. The topological polar surface area (TPSA) is 41.6 Å². The van der Waals surface area contributed by atoms with Crippen LogP contribution in [0.25, 0.3) is 0 Å². The third-order valence-corrected chi connectivity index (χ3v) is 3.76. The molecule has 6 heteroatoms. The lowest BCUT2D eigenvalue weighted by Crippen LogP contribution is -2.37. The van der Waals surface area contributed by atoms with Gasteiger partial charge in [0.15, 0.2) is 5.96 Å². The van der Waals surface area contributed by atoms with Crippen LogP contribution in [0, 0.1) is 11.6 Å². The number of nitrogens with two attached hydrogens (primary N) is 1. The first-order valence-electron chi connectivity index (χ1n) is 6.37. The molecule has 2 N–H and O–H groups in total. The first-order chi connectivity index (χ1) is 10.1. The molecule has 0 spiro atoms. The molecule has 0 aliphatic carbocycles. The average molecular weight is 308 g/mol. The van der Waals surface area contributed by atoms with Crippen molar-refractivity contribution in [2.75, 3.05) is 11.4 Å². The number of rotatable bonds is 2. The second-order valence-electron chi connectivity index (χ2n) is 4.67. The molecule has 1 unspecified atom stereocenters. The summed E-state index contributed by atoms with van der Waals surface area (Å²) in [6.07, 6.45) is 0. The first-order valence-corrected chi connectivity index (χ1v) is 6.75. The highest BCUT2D eigenvalue weighted by molar-refractivity contribution is 6.31. The van der Waals surface area contributed by atoms with E-state index in [0.717, 1.165) is 0 Å². The lowest BCUT2D eigenvalue weighted by atomic mass is 10.0. The Hall–Kier alpha value is -2.14. The van der Waals surface area contributed by atoms with Gasteiger partial charge in [-0.25, -0.2) is 8.78 Å². The van der Waals surface area contributed by atoms with E-state index < -0.39 is 17.7 Å². The first kappa shape index (κ1) is 13.8. The van der Waals surface area contributed by atoms with Gasteiger partial charge in [-0.05, 0) is 24.3 Å². The summed E-state index contributed by atoms with van der Waals surface area (Å²) in [5, 5.41) is 0.270. The summed E-state index contributed by atoms with van der Waals surface area (Å²) in [6, 6.07) is 10.0. The fourth-order valence-electron chi connectivity index (χ4n) is 2.49. The van der Waals surface area contributed by atoms with Gasteiger partial charge in [0.2, 0.25) is 0 Å². The maximum absolute atomic E-state index is 14.1. The zero-order chi connectivity index (χ0) is 15.0. The molecule has 3 rings (SSSR count). The number of aliphatic imine (C=N–C) groups is 1. The summed E-state index contributed by atoms with van der Waals surface area (Å²) in [7, 11) is 0. The highest BCUT2D eigenvalue weighted by Crippen LogP contribution is 2.36. The van der Waals surface area contributed by atoms with Crippen molar-refractivity contribution in [1.29, 1.82) is 0 Å².